The molecular formula is C8H7FN2O3S. The Labute approximate surface area is 84.6 Å². The van der Waals surface area contributed by atoms with E-state index in [-0.39, 0.29) is 5.39 Å². The Morgan fingerprint density at radius 1 is 1.40 bits per heavy atom. The fourth-order valence-corrected chi connectivity index (χ4v) is 2.09. The van der Waals surface area contributed by atoms with Crippen LogP contribution >= 0.6 is 0 Å². The zero-order valence-electron chi connectivity index (χ0n) is 7.38. The summed E-state index contributed by atoms with van der Waals surface area (Å²) in [5, 5.41) is 0.0556. The highest BCUT2D eigenvalue weighted by Crippen LogP contribution is 2.24. The van der Waals surface area contributed by atoms with E-state index in [1.165, 1.54) is 6.07 Å². The second-order valence-electron chi connectivity index (χ2n) is 3.04. The van der Waals surface area contributed by atoms with E-state index < -0.39 is 20.8 Å². The first-order chi connectivity index (χ1) is 6.89. The van der Waals surface area contributed by atoms with Crippen LogP contribution in [-0.4, -0.2) is 17.6 Å². The lowest BCUT2D eigenvalue weighted by Gasteiger charge is -1.95. The molecule has 0 saturated heterocycles. The number of hydrogen-bond donors (Lipinski definition) is 2. The highest BCUT2D eigenvalue weighted by Gasteiger charge is 2.18. The number of benzene rings is 1. The van der Waals surface area contributed by atoms with Crippen molar-refractivity contribution < 1.29 is 17.4 Å². The van der Waals surface area contributed by atoms with Gasteiger partial charge < -0.3 is 5.84 Å². The van der Waals surface area contributed by atoms with Crippen LogP contribution < -0.4 is 5.84 Å². The zero-order chi connectivity index (χ0) is 11.2. The van der Waals surface area contributed by atoms with E-state index in [1.807, 2.05) is 0 Å². The molecule has 7 heteroatoms. The predicted octanol–water partition coefficient (Wildman–Crippen LogP) is 0.741. The molecule has 1 aromatic carbocycles. The molecule has 0 radical (unpaired) electrons. The van der Waals surface area contributed by atoms with Crippen molar-refractivity contribution in [3.05, 3.63) is 30.2 Å². The van der Waals surface area contributed by atoms with Gasteiger partial charge >= 0.3 is 0 Å². The predicted molar refractivity (Wildman–Crippen MR) is 51.9 cm³/mol. The first-order valence-corrected chi connectivity index (χ1v) is 5.37. The van der Waals surface area contributed by atoms with Gasteiger partial charge in [-0.05, 0) is 18.2 Å². The fraction of sp³-hybridized carbons (Fsp3) is 0. The van der Waals surface area contributed by atoms with Gasteiger partial charge in [-0.1, -0.05) is 0 Å². The number of nitrogens with two attached hydrogens (primary N) is 1. The molecule has 0 spiro atoms. The lowest BCUT2D eigenvalue weighted by Crippen LogP contribution is -2.05. The van der Waals surface area contributed by atoms with Gasteiger partial charge in [0.05, 0.1) is 5.52 Å². The second kappa shape index (κ2) is 2.94. The van der Waals surface area contributed by atoms with Crippen LogP contribution in [0.1, 0.15) is 0 Å². The van der Waals surface area contributed by atoms with E-state index >= 15 is 0 Å². The number of aromatic nitrogens is 1. The molecule has 15 heavy (non-hydrogen) atoms. The van der Waals surface area contributed by atoms with Crippen LogP contribution in [-0.2, 0) is 10.1 Å². The molecule has 0 bridgehead atoms. The van der Waals surface area contributed by atoms with Gasteiger partial charge in [0, 0.05) is 11.6 Å². The summed E-state index contributed by atoms with van der Waals surface area (Å²) in [5.74, 6) is 4.84. The molecule has 0 atom stereocenters. The Morgan fingerprint density at radius 3 is 2.67 bits per heavy atom. The number of nitrogens with zero attached hydrogens (tertiary/aromatic N) is 1. The van der Waals surface area contributed by atoms with Crippen LogP contribution in [0.15, 0.2) is 29.3 Å². The summed E-state index contributed by atoms with van der Waals surface area (Å²) in [6.45, 7) is 0. The van der Waals surface area contributed by atoms with Crippen molar-refractivity contribution in [3.63, 3.8) is 0 Å². The maximum Gasteiger partial charge on any atom is 0.296 e. The SMILES string of the molecule is Nn1cc(S(=O)(=O)O)c2cc(F)ccc21. The topological polar surface area (TPSA) is 85.3 Å². The van der Waals surface area contributed by atoms with Gasteiger partial charge in [-0.2, -0.15) is 8.42 Å². The maximum atomic E-state index is 12.9. The zero-order valence-corrected chi connectivity index (χ0v) is 8.20. The molecule has 5 nitrogen and oxygen atoms in total. The van der Waals surface area contributed by atoms with Crippen molar-refractivity contribution in [2.45, 2.75) is 4.90 Å². The van der Waals surface area contributed by atoms with Crippen molar-refractivity contribution in [3.8, 4) is 0 Å². The summed E-state index contributed by atoms with van der Waals surface area (Å²) < 4.78 is 44.6. The van der Waals surface area contributed by atoms with Gasteiger partial charge in [-0.3, -0.25) is 9.23 Å². The summed E-state index contributed by atoms with van der Waals surface area (Å²) in [5.41, 5.74) is 0.323. The highest BCUT2D eigenvalue weighted by atomic mass is 32.2. The molecular weight excluding hydrogens is 223 g/mol. The molecule has 0 aliphatic heterocycles. The molecule has 0 aliphatic rings. The minimum Gasteiger partial charge on any atom is -0.339 e. The Bertz CT molecular complexity index is 633. The van der Waals surface area contributed by atoms with Crippen molar-refractivity contribution in [1.82, 2.24) is 4.68 Å². The molecule has 0 saturated carbocycles. The number of hydrogen-bond acceptors (Lipinski definition) is 3. The van der Waals surface area contributed by atoms with Crippen molar-refractivity contribution in [2.24, 2.45) is 0 Å². The number of halogens is 1. The van der Waals surface area contributed by atoms with Crippen LogP contribution in [0.4, 0.5) is 4.39 Å². The lowest BCUT2D eigenvalue weighted by atomic mass is 10.2. The number of nitrogen functional groups attached to an aromatic ring is 1. The fourth-order valence-electron chi connectivity index (χ4n) is 1.40. The standard InChI is InChI=1S/C8H7FN2O3S/c9-5-1-2-7-6(3-5)8(4-11(7)10)15(12,13)14/h1-4H,10H2,(H,12,13,14). The Morgan fingerprint density at radius 2 is 2.07 bits per heavy atom. The molecule has 0 amide bonds. The van der Waals surface area contributed by atoms with Crippen LogP contribution in [0.3, 0.4) is 0 Å². The van der Waals surface area contributed by atoms with Crippen molar-refractivity contribution in [2.75, 3.05) is 5.84 Å². The third kappa shape index (κ3) is 1.55. The average molecular weight is 230 g/mol. The van der Waals surface area contributed by atoms with Crippen LogP contribution in [0, 0.1) is 5.82 Å². The van der Waals surface area contributed by atoms with Crippen molar-refractivity contribution >= 4 is 21.0 Å². The van der Waals surface area contributed by atoms with Gasteiger partial charge in [0.15, 0.2) is 0 Å². The van der Waals surface area contributed by atoms with Gasteiger partial charge in [0.1, 0.15) is 10.7 Å². The smallest absolute Gasteiger partial charge is 0.296 e. The third-order valence-electron chi connectivity index (χ3n) is 2.04. The molecule has 0 unspecified atom stereocenters. The van der Waals surface area contributed by atoms with E-state index in [1.54, 1.807) is 0 Å². The Balaban J connectivity index is 2.94. The molecule has 1 heterocycles. The van der Waals surface area contributed by atoms with E-state index in [2.05, 4.69) is 0 Å². The Kier molecular flexibility index (Phi) is 1.95. The summed E-state index contributed by atoms with van der Waals surface area (Å²) in [4.78, 5) is -0.403. The van der Waals surface area contributed by atoms with Gasteiger partial charge in [-0.15, -0.1) is 0 Å². The van der Waals surface area contributed by atoms with Gasteiger partial charge in [-0.25, -0.2) is 4.39 Å². The molecule has 3 N–H and O–H groups in total. The van der Waals surface area contributed by atoms with E-state index in [0.717, 1.165) is 23.0 Å². The number of fused-ring (bicyclic) bond motifs is 1. The van der Waals surface area contributed by atoms with Gasteiger partial charge in [0.2, 0.25) is 0 Å². The van der Waals surface area contributed by atoms with Crippen LogP contribution in [0.2, 0.25) is 0 Å². The average Bonchev–Trinajstić information content (AvgIpc) is 2.42. The minimum absolute atomic E-state index is 0.0556. The maximum absolute atomic E-state index is 12.9. The third-order valence-corrected chi connectivity index (χ3v) is 2.92. The number of rotatable bonds is 1. The van der Waals surface area contributed by atoms with Gasteiger partial charge in [0.25, 0.3) is 10.1 Å². The first kappa shape index (κ1) is 9.94. The van der Waals surface area contributed by atoms with E-state index in [9.17, 15) is 12.8 Å². The first-order valence-electron chi connectivity index (χ1n) is 3.93. The molecule has 2 aromatic rings. The highest BCUT2D eigenvalue weighted by molar-refractivity contribution is 7.86. The molecule has 80 valence electrons. The lowest BCUT2D eigenvalue weighted by molar-refractivity contribution is 0.484. The van der Waals surface area contributed by atoms with Crippen LogP contribution in [0.25, 0.3) is 10.9 Å². The quantitative estimate of drug-likeness (QED) is 0.559. The van der Waals surface area contributed by atoms with E-state index in [0.29, 0.717) is 5.52 Å². The summed E-state index contributed by atoms with van der Waals surface area (Å²) in [7, 11) is -4.39. The van der Waals surface area contributed by atoms with E-state index in [4.69, 9.17) is 10.4 Å². The monoisotopic (exact) mass is 230 g/mol. The molecule has 0 fully saturated rings. The minimum atomic E-state index is -4.39. The van der Waals surface area contributed by atoms with Crippen LogP contribution in [0.5, 0.6) is 0 Å². The van der Waals surface area contributed by atoms with Crippen molar-refractivity contribution in [1.29, 1.82) is 0 Å². The molecule has 1 aromatic heterocycles. The summed E-state index contributed by atoms with van der Waals surface area (Å²) >= 11 is 0. The largest absolute Gasteiger partial charge is 0.339 e. The molecule has 2 rings (SSSR count). The second-order valence-corrected chi connectivity index (χ2v) is 4.43. The summed E-state index contributed by atoms with van der Waals surface area (Å²) in [6.07, 6.45) is 1.03. The Hall–Kier alpha value is -1.60. The normalized spacial score (nSPS) is 12.1. The summed E-state index contributed by atoms with van der Waals surface area (Å²) in [6, 6.07) is 3.49. The molecule has 0 aliphatic carbocycles.